The maximum absolute atomic E-state index is 12.0. The van der Waals surface area contributed by atoms with Crippen LogP contribution >= 0.6 is 12.2 Å². The summed E-state index contributed by atoms with van der Waals surface area (Å²) < 4.78 is 39.8. The van der Waals surface area contributed by atoms with Gasteiger partial charge in [0.1, 0.15) is 11.8 Å². The Labute approximate surface area is 131 Å². The van der Waals surface area contributed by atoms with Gasteiger partial charge < -0.3 is 20.7 Å². The molecule has 1 atom stereocenters. The number of amides is 1. The zero-order valence-corrected chi connectivity index (χ0v) is 12.8. The fourth-order valence-electron chi connectivity index (χ4n) is 1.50. The highest BCUT2D eigenvalue weighted by Gasteiger charge is 2.30. The maximum atomic E-state index is 12.0. The van der Waals surface area contributed by atoms with Crippen molar-refractivity contribution in [2.24, 2.45) is 0 Å². The molecule has 0 fully saturated rings. The lowest BCUT2D eigenvalue weighted by molar-refractivity contribution is -0.274. The van der Waals surface area contributed by atoms with Gasteiger partial charge in [0.15, 0.2) is 5.11 Å². The van der Waals surface area contributed by atoms with Crippen molar-refractivity contribution in [3.8, 4) is 5.75 Å². The fraction of sp³-hybridized carbons (Fsp3) is 0.385. The van der Waals surface area contributed by atoms with Crippen molar-refractivity contribution in [2.45, 2.75) is 26.3 Å². The second kappa shape index (κ2) is 7.83. The molecule has 0 aromatic heterocycles. The Morgan fingerprint density at radius 1 is 1.32 bits per heavy atom. The van der Waals surface area contributed by atoms with Crippen molar-refractivity contribution >= 4 is 28.9 Å². The highest BCUT2D eigenvalue weighted by atomic mass is 32.1. The Kier molecular flexibility index (Phi) is 6.41. The number of carbonyl (C=O) groups is 1. The zero-order chi connectivity index (χ0) is 16.8. The molecule has 122 valence electrons. The van der Waals surface area contributed by atoms with Crippen molar-refractivity contribution in [2.75, 3.05) is 11.9 Å². The number of hydrogen-bond donors (Lipinski definition) is 3. The number of halogens is 3. The molecule has 9 heteroatoms. The summed E-state index contributed by atoms with van der Waals surface area (Å²) in [7, 11) is 0. The van der Waals surface area contributed by atoms with Gasteiger partial charge in [-0.2, -0.15) is 0 Å². The summed E-state index contributed by atoms with van der Waals surface area (Å²) in [5.41, 5.74) is 0.468. The molecule has 0 radical (unpaired) electrons. The van der Waals surface area contributed by atoms with Gasteiger partial charge in [0.2, 0.25) is 5.91 Å². The van der Waals surface area contributed by atoms with Gasteiger partial charge in [-0.05, 0) is 50.3 Å². The van der Waals surface area contributed by atoms with Crippen LogP contribution in [0.15, 0.2) is 24.3 Å². The van der Waals surface area contributed by atoms with Gasteiger partial charge in [-0.25, -0.2) is 0 Å². The van der Waals surface area contributed by atoms with Gasteiger partial charge in [0, 0.05) is 12.2 Å². The quantitative estimate of drug-likeness (QED) is 0.721. The molecule has 0 unspecified atom stereocenters. The Hall–Kier alpha value is -2.03. The van der Waals surface area contributed by atoms with E-state index in [4.69, 9.17) is 12.2 Å². The van der Waals surface area contributed by atoms with Gasteiger partial charge in [0.25, 0.3) is 0 Å². The number of benzene rings is 1. The Morgan fingerprint density at radius 3 is 2.41 bits per heavy atom. The number of carbonyl (C=O) groups excluding carboxylic acids is 1. The van der Waals surface area contributed by atoms with Gasteiger partial charge >= 0.3 is 6.36 Å². The van der Waals surface area contributed by atoms with Crippen molar-refractivity contribution in [1.82, 2.24) is 10.6 Å². The lowest BCUT2D eigenvalue weighted by Gasteiger charge is -2.16. The van der Waals surface area contributed by atoms with E-state index in [2.05, 4.69) is 20.7 Å². The summed E-state index contributed by atoms with van der Waals surface area (Å²) in [6.07, 6.45) is -4.73. The first-order chi connectivity index (χ1) is 10.2. The van der Waals surface area contributed by atoms with Gasteiger partial charge in [-0.3, -0.25) is 4.79 Å². The third-order valence-corrected chi connectivity index (χ3v) is 2.66. The molecule has 22 heavy (non-hydrogen) atoms. The number of nitrogens with one attached hydrogen (secondary N) is 3. The second-order valence-corrected chi connectivity index (χ2v) is 4.70. The van der Waals surface area contributed by atoms with Crippen LogP contribution in [-0.4, -0.2) is 30.0 Å². The molecule has 0 bridgehead atoms. The van der Waals surface area contributed by atoms with E-state index in [9.17, 15) is 18.0 Å². The summed E-state index contributed by atoms with van der Waals surface area (Å²) in [4.78, 5) is 11.5. The van der Waals surface area contributed by atoms with E-state index in [1.165, 1.54) is 12.1 Å². The lowest BCUT2D eigenvalue weighted by Crippen LogP contribution is -2.46. The number of thiocarbonyl (C=S) groups is 1. The topological polar surface area (TPSA) is 62.4 Å². The first-order valence-corrected chi connectivity index (χ1v) is 6.83. The van der Waals surface area contributed by atoms with E-state index in [0.29, 0.717) is 12.2 Å². The molecule has 0 saturated heterocycles. The van der Waals surface area contributed by atoms with Crippen LogP contribution in [0.4, 0.5) is 18.9 Å². The van der Waals surface area contributed by atoms with E-state index in [0.717, 1.165) is 12.1 Å². The number of anilines is 1. The molecule has 0 aliphatic carbocycles. The summed E-state index contributed by atoms with van der Waals surface area (Å²) in [5, 5.41) is 8.34. The molecule has 1 rings (SSSR count). The second-order valence-electron chi connectivity index (χ2n) is 4.29. The van der Waals surface area contributed by atoms with E-state index >= 15 is 0 Å². The summed E-state index contributed by atoms with van der Waals surface area (Å²) >= 11 is 5.02. The molecule has 3 N–H and O–H groups in total. The normalized spacial score (nSPS) is 12.2. The summed E-state index contributed by atoms with van der Waals surface area (Å²) in [6.45, 7) is 3.94. The minimum atomic E-state index is -4.73. The molecule has 1 amide bonds. The number of likely N-dealkylation sites (N-methyl/N-ethyl adjacent to an activating group) is 1. The standard InChI is InChI=1S/C13H16F3N3O2S/c1-3-17-11(20)8(2)18-12(22)19-9-4-6-10(7-5-9)21-13(14,15)16/h4-8H,3H2,1-2H3,(H,17,20)(H2,18,19,22)/t8-/m1/s1. The Morgan fingerprint density at radius 2 is 1.91 bits per heavy atom. The monoisotopic (exact) mass is 335 g/mol. The van der Waals surface area contributed by atoms with Crippen LogP contribution in [0.2, 0.25) is 0 Å². The Bertz CT molecular complexity index is 520. The Balaban J connectivity index is 2.53. The molecule has 5 nitrogen and oxygen atoms in total. The van der Waals surface area contributed by atoms with Crippen molar-refractivity contribution in [3.63, 3.8) is 0 Å². The molecular formula is C13H16F3N3O2S. The number of rotatable bonds is 5. The predicted octanol–water partition coefficient (Wildman–Crippen LogP) is 2.40. The van der Waals surface area contributed by atoms with Crippen LogP contribution in [0, 0.1) is 0 Å². The highest BCUT2D eigenvalue weighted by Crippen LogP contribution is 2.23. The molecule has 0 saturated carbocycles. The third-order valence-electron chi connectivity index (χ3n) is 2.44. The number of hydrogen-bond acceptors (Lipinski definition) is 3. The lowest BCUT2D eigenvalue weighted by atomic mass is 10.3. The first-order valence-electron chi connectivity index (χ1n) is 6.42. The zero-order valence-electron chi connectivity index (χ0n) is 12.0. The fourth-order valence-corrected chi connectivity index (χ4v) is 1.79. The van der Waals surface area contributed by atoms with Crippen LogP contribution in [0.25, 0.3) is 0 Å². The minimum Gasteiger partial charge on any atom is -0.406 e. The smallest absolute Gasteiger partial charge is 0.406 e. The SMILES string of the molecule is CCNC(=O)[C@@H](C)NC(=S)Nc1ccc(OC(F)(F)F)cc1. The van der Waals surface area contributed by atoms with E-state index < -0.39 is 12.4 Å². The van der Waals surface area contributed by atoms with Crippen LogP contribution < -0.4 is 20.7 Å². The van der Waals surface area contributed by atoms with Crippen molar-refractivity contribution in [1.29, 1.82) is 0 Å². The van der Waals surface area contributed by atoms with E-state index in [1.807, 2.05) is 0 Å². The van der Waals surface area contributed by atoms with E-state index in [-0.39, 0.29) is 16.8 Å². The van der Waals surface area contributed by atoms with Crippen LogP contribution in [0.3, 0.4) is 0 Å². The maximum Gasteiger partial charge on any atom is 0.573 e. The summed E-state index contributed by atoms with van der Waals surface area (Å²) in [6, 6.07) is 4.54. The van der Waals surface area contributed by atoms with Crippen molar-refractivity contribution < 1.29 is 22.7 Å². The van der Waals surface area contributed by atoms with Gasteiger partial charge in [-0.15, -0.1) is 13.2 Å². The van der Waals surface area contributed by atoms with Crippen LogP contribution in [-0.2, 0) is 4.79 Å². The molecule has 1 aromatic carbocycles. The average Bonchev–Trinajstić information content (AvgIpc) is 2.39. The van der Waals surface area contributed by atoms with Crippen molar-refractivity contribution in [3.05, 3.63) is 24.3 Å². The highest BCUT2D eigenvalue weighted by molar-refractivity contribution is 7.80. The van der Waals surface area contributed by atoms with Crippen LogP contribution in [0.5, 0.6) is 5.75 Å². The average molecular weight is 335 g/mol. The largest absolute Gasteiger partial charge is 0.573 e. The molecule has 1 aromatic rings. The van der Waals surface area contributed by atoms with Gasteiger partial charge in [-0.1, -0.05) is 0 Å². The first kappa shape index (κ1) is 18.0. The molecule has 0 aliphatic rings. The molecule has 0 spiro atoms. The molecular weight excluding hydrogens is 319 g/mol. The number of ether oxygens (including phenoxy) is 1. The predicted molar refractivity (Wildman–Crippen MR) is 80.6 cm³/mol. The third kappa shape index (κ3) is 6.61. The number of alkyl halides is 3. The van der Waals surface area contributed by atoms with Gasteiger partial charge in [0.05, 0.1) is 0 Å². The minimum absolute atomic E-state index is 0.184. The van der Waals surface area contributed by atoms with Crippen LogP contribution in [0.1, 0.15) is 13.8 Å². The molecule has 0 heterocycles. The molecule has 0 aliphatic heterocycles. The summed E-state index contributed by atoms with van der Waals surface area (Å²) in [5.74, 6) is -0.534. The van der Waals surface area contributed by atoms with E-state index in [1.54, 1.807) is 13.8 Å².